The minimum Gasteiger partial charge on any atom is -0.495 e. The van der Waals surface area contributed by atoms with Crippen molar-refractivity contribution in [2.75, 3.05) is 70.1 Å². The number of amides is 2. The van der Waals surface area contributed by atoms with Gasteiger partial charge in [0.1, 0.15) is 16.4 Å². The molecular formula is C34H38N8O6S2. The molecular weight excluding hydrogens is 681 g/mol. The first-order valence-electron chi connectivity index (χ1n) is 15.8. The molecule has 0 radical (unpaired) electrons. The Kier molecular flexibility index (Phi) is 10.1. The fraction of sp³-hybridized carbons (Fsp3) is 0.294. The van der Waals surface area contributed by atoms with Gasteiger partial charge in [0, 0.05) is 39.1 Å². The number of rotatable bonds is 13. The molecule has 262 valence electrons. The first kappa shape index (κ1) is 34.8. The Morgan fingerprint density at radius 1 is 1.04 bits per heavy atom. The topological polar surface area (TPSA) is 160 Å². The number of nitrogens with one attached hydrogen (secondary N) is 3. The number of hydrogen-bond donors (Lipinski definition) is 3. The summed E-state index contributed by atoms with van der Waals surface area (Å²) >= 11 is 1.25. The summed E-state index contributed by atoms with van der Waals surface area (Å²) < 4.78 is 39.8. The highest BCUT2D eigenvalue weighted by Crippen LogP contribution is 2.39. The molecule has 0 saturated carbocycles. The maximum absolute atomic E-state index is 13.9. The average Bonchev–Trinajstić information content (AvgIpc) is 3.85. The zero-order chi connectivity index (χ0) is 35.6. The summed E-state index contributed by atoms with van der Waals surface area (Å²) in [4.78, 5) is 39.6. The van der Waals surface area contributed by atoms with E-state index in [1.54, 1.807) is 67.9 Å². The van der Waals surface area contributed by atoms with Crippen LogP contribution in [0.15, 0.2) is 65.0 Å². The highest BCUT2D eigenvalue weighted by Gasteiger charge is 2.28. The molecule has 3 N–H and O–H groups in total. The molecule has 1 aliphatic heterocycles. The minimum absolute atomic E-state index is 0.0514. The number of thiophene rings is 1. The summed E-state index contributed by atoms with van der Waals surface area (Å²) in [6.45, 7) is 3.76. The van der Waals surface area contributed by atoms with Gasteiger partial charge in [0.05, 0.1) is 41.9 Å². The number of fused-ring (bicyclic) bond motifs is 2. The van der Waals surface area contributed by atoms with Gasteiger partial charge in [-0.15, -0.1) is 11.3 Å². The lowest BCUT2D eigenvalue weighted by Crippen LogP contribution is -2.39. The quantitative estimate of drug-likeness (QED) is 0.159. The third kappa shape index (κ3) is 6.87. The molecule has 2 amide bonds. The predicted octanol–water partition coefficient (Wildman–Crippen LogP) is 4.36. The van der Waals surface area contributed by atoms with E-state index in [4.69, 9.17) is 14.5 Å². The van der Waals surface area contributed by atoms with Crippen LogP contribution in [0.25, 0.3) is 11.0 Å². The number of anilines is 5. The van der Waals surface area contributed by atoms with E-state index in [1.807, 2.05) is 31.0 Å². The van der Waals surface area contributed by atoms with Gasteiger partial charge in [-0.1, -0.05) is 17.7 Å². The molecule has 0 bridgehead atoms. The van der Waals surface area contributed by atoms with Gasteiger partial charge in [0.25, 0.3) is 15.9 Å². The van der Waals surface area contributed by atoms with Crippen molar-refractivity contribution in [2.24, 2.45) is 0 Å². The van der Waals surface area contributed by atoms with Crippen LogP contribution in [0.1, 0.15) is 20.8 Å². The summed E-state index contributed by atoms with van der Waals surface area (Å²) in [5, 5.41) is 11.3. The van der Waals surface area contributed by atoms with Crippen molar-refractivity contribution in [1.82, 2.24) is 24.2 Å². The van der Waals surface area contributed by atoms with Crippen molar-refractivity contribution in [3.8, 4) is 5.75 Å². The van der Waals surface area contributed by atoms with Crippen LogP contribution in [0.4, 0.5) is 28.8 Å². The van der Waals surface area contributed by atoms with Gasteiger partial charge in [-0.2, -0.15) is 9.97 Å². The van der Waals surface area contributed by atoms with Crippen LogP contribution in [-0.2, 0) is 26.0 Å². The van der Waals surface area contributed by atoms with Crippen LogP contribution < -0.4 is 25.6 Å². The summed E-state index contributed by atoms with van der Waals surface area (Å²) in [7, 11) is 2.53. The molecule has 50 heavy (non-hydrogen) atoms. The Labute approximate surface area is 294 Å². The van der Waals surface area contributed by atoms with Crippen LogP contribution in [0.5, 0.6) is 5.75 Å². The van der Waals surface area contributed by atoms with E-state index in [-0.39, 0.29) is 40.7 Å². The van der Waals surface area contributed by atoms with Gasteiger partial charge in [0.15, 0.2) is 5.65 Å². The molecule has 14 nitrogen and oxygen atoms in total. The Bertz CT molecular complexity index is 2160. The Morgan fingerprint density at radius 2 is 1.82 bits per heavy atom. The van der Waals surface area contributed by atoms with Gasteiger partial charge >= 0.3 is 0 Å². The number of methoxy groups -OCH3 is 2. The second kappa shape index (κ2) is 14.4. The second-order valence-electron chi connectivity index (χ2n) is 11.8. The van der Waals surface area contributed by atoms with Crippen LogP contribution in [0.3, 0.4) is 0 Å². The highest BCUT2D eigenvalue weighted by molar-refractivity contribution is 7.90. The van der Waals surface area contributed by atoms with Gasteiger partial charge in [-0.25, -0.2) is 12.4 Å². The van der Waals surface area contributed by atoms with Crippen molar-refractivity contribution in [2.45, 2.75) is 18.2 Å². The lowest BCUT2D eigenvalue weighted by atomic mass is 10.1. The van der Waals surface area contributed by atoms with Gasteiger partial charge in [-0.05, 0) is 67.7 Å². The number of aromatic nitrogens is 3. The molecule has 6 rings (SSSR count). The normalized spacial score (nSPS) is 12.7. The van der Waals surface area contributed by atoms with Crippen molar-refractivity contribution in [1.29, 1.82) is 0 Å². The minimum atomic E-state index is -4.06. The Hall–Kier alpha value is -5.03. The lowest BCUT2D eigenvalue weighted by molar-refractivity contribution is -0.119. The molecule has 0 aliphatic carbocycles. The summed E-state index contributed by atoms with van der Waals surface area (Å²) in [5.41, 5.74) is 3.69. The molecule has 3 aromatic heterocycles. The molecule has 16 heteroatoms. The van der Waals surface area contributed by atoms with Crippen molar-refractivity contribution in [3.63, 3.8) is 0 Å². The largest absolute Gasteiger partial charge is 0.495 e. The molecule has 0 fully saturated rings. The smallest absolute Gasteiger partial charge is 0.269 e. The van der Waals surface area contributed by atoms with E-state index in [2.05, 4.69) is 20.9 Å². The number of carbonyl (C=O) groups excluding carboxylic acids is 2. The molecule has 0 unspecified atom stereocenters. The zero-order valence-electron chi connectivity index (χ0n) is 28.3. The maximum Gasteiger partial charge on any atom is 0.269 e. The Balaban J connectivity index is 1.42. The number of ether oxygens (including phenoxy) is 2. The number of hydrogen-bond acceptors (Lipinski definition) is 12. The van der Waals surface area contributed by atoms with Gasteiger partial charge in [-0.3, -0.25) is 14.5 Å². The fourth-order valence-corrected chi connectivity index (χ4v) is 7.78. The number of carbonyl (C=O) groups is 2. The second-order valence-corrected chi connectivity index (χ2v) is 14.5. The van der Waals surface area contributed by atoms with Crippen molar-refractivity contribution < 1.29 is 27.5 Å². The van der Waals surface area contributed by atoms with Crippen LogP contribution >= 0.6 is 11.3 Å². The average molecular weight is 719 g/mol. The third-order valence-corrected chi connectivity index (χ3v) is 11.0. The zero-order valence-corrected chi connectivity index (χ0v) is 29.9. The SMILES string of the molecule is CNC(=O)c1sccc1Nc1nc(Nc2cc3c(cc2OC)CCN3C(=O)CN(C)CCOC)nc2c1ccn2S(=O)(=O)c1ccc(C)cc1. The van der Waals surface area contributed by atoms with Crippen LogP contribution in [0.2, 0.25) is 0 Å². The molecule has 0 atom stereocenters. The predicted molar refractivity (Wildman–Crippen MR) is 194 cm³/mol. The third-order valence-electron chi connectivity index (χ3n) is 8.37. The van der Waals surface area contributed by atoms with Crippen molar-refractivity contribution >= 4 is 73.0 Å². The molecule has 2 aromatic carbocycles. The Morgan fingerprint density at radius 3 is 2.54 bits per heavy atom. The fourth-order valence-electron chi connectivity index (χ4n) is 5.69. The summed E-state index contributed by atoms with van der Waals surface area (Å²) in [6, 6.07) is 13.6. The van der Waals surface area contributed by atoms with E-state index < -0.39 is 10.0 Å². The summed E-state index contributed by atoms with van der Waals surface area (Å²) in [5.74, 6) is 0.497. The van der Waals surface area contributed by atoms with E-state index in [0.717, 1.165) is 20.8 Å². The molecule has 5 aromatic rings. The number of nitrogens with zero attached hydrogens (tertiary/aromatic N) is 5. The molecule has 0 spiro atoms. The van der Waals surface area contributed by atoms with E-state index in [9.17, 15) is 18.0 Å². The first-order chi connectivity index (χ1) is 24.0. The number of likely N-dealkylation sites (N-methyl/N-ethyl adjacent to an activating group) is 1. The van der Waals surface area contributed by atoms with E-state index >= 15 is 0 Å². The summed E-state index contributed by atoms with van der Waals surface area (Å²) in [6.07, 6.45) is 2.09. The highest BCUT2D eigenvalue weighted by atomic mass is 32.2. The van der Waals surface area contributed by atoms with E-state index in [0.29, 0.717) is 53.5 Å². The van der Waals surface area contributed by atoms with Crippen LogP contribution in [-0.4, -0.2) is 93.6 Å². The van der Waals surface area contributed by atoms with Crippen LogP contribution in [0, 0.1) is 6.92 Å². The standard InChI is InChI=1S/C34H38N8O6S2/c1-21-6-8-23(9-7-21)50(45,46)42-14-11-24-31(36-25-12-17-49-30(25)33(44)35-2)38-34(39-32(24)42)37-26-19-27-22(18-28(26)48-5)10-13-41(27)29(43)20-40(3)15-16-47-4/h6-9,11-12,14,17-19H,10,13,15-16,20H2,1-5H3,(H,35,44)(H2,36,37,38,39). The van der Waals surface area contributed by atoms with Gasteiger partial charge < -0.3 is 30.3 Å². The van der Waals surface area contributed by atoms with E-state index in [1.165, 1.54) is 17.5 Å². The first-order valence-corrected chi connectivity index (χ1v) is 18.1. The lowest BCUT2D eigenvalue weighted by Gasteiger charge is -2.23. The maximum atomic E-state index is 13.9. The van der Waals surface area contributed by atoms with Gasteiger partial charge in [0.2, 0.25) is 11.9 Å². The van der Waals surface area contributed by atoms with Crippen molar-refractivity contribution in [3.05, 3.63) is 76.1 Å². The molecule has 4 heterocycles. The molecule has 0 saturated heterocycles. The number of benzene rings is 2. The monoisotopic (exact) mass is 718 g/mol. The molecule has 1 aliphatic rings. The number of aryl methyl sites for hydroxylation is 1.